The number of hydrogen-bond acceptors (Lipinski definition) is 5. The number of rotatable bonds is 7. The van der Waals surface area contributed by atoms with Gasteiger partial charge in [-0.1, -0.05) is 12.8 Å². The Hall–Kier alpha value is -1.66. The molecular formula is C19H20INO4S. The average molecular weight is 485 g/mol. The second-order valence-electron chi connectivity index (χ2n) is 5.57. The lowest BCUT2D eigenvalue weighted by molar-refractivity contribution is -0.122. The summed E-state index contributed by atoms with van der Waals surface area (Å²) in [6, 6.07) is 3.72. The Labute approximate surface area is 171 Å². The van der Waals surface area contributed by atoms with Gasteiger partial charge in [-0.05, 0) is 78.4 Å². The molecule has 0 saturated carbocycles. The third kappa shape index (κ3) is 4.74. The number of carbonyl (C=O) groups is 2. The number of carbonyl (C=O) groups excluding carboxylic acids is 2. The van der Waals surface area contributed by atoms with E-state index in [-0.39, 0.29) is 23.8 Å². The van der Waals surface area contributed by atoms with Crippen molar-refractivity contribution in [2.45, 2.75) is 33.3 Å². The molecule has 0 bridgehead atoms. The first-order valence-corrected chi connectivity index (χ1v) is 10.1. The Morgan fingerprint density at radius 1 is 1.38 bits per heavy atom. The SMILES string of the molecule is C#CCN1C(=O)S/C(=C/c2cc(I)c(O[C@H](C)CC)c(OCC)c2)C1=O. The molecule has 2 amide bonds. The van der Waals surface area contributed by atoms with Gasteiger partial charge in [-0.2, -0.15) is 0 Å². The van der Waals surface area contributed by atoms with Crippen LogP contribution < -0.4 is 9.47 Å². The van der Waals surface area contributed by atoms with Crippen molar-refractivity contribution in [3.63, 3.8) is 0 Å². The summed E-state index contributed by atoms with van der Waals surface area (Å²) in [6.45, 7) is 6.43. The molecular weight excluding hydrogens is 465 g/mol. The molecule has 1 fully saturated rings. The second-order valence-corrected chi connectivity index (χ2v) is 7.73. The molecule has 1 aromatic rings. The van der Waals surface area contributed by atoms with Crippen LogP contribution in [0.2, 0.25) is 0 Å². The number of thioether (sulfide) groups is 1. The standard InChI is InChI=1S/C19H20INO4S/c1-5-8-21-18(22)16(26-19(21)23)11-13-9-14(20)17(25-12(4)6-2)15(10-13)24-7-3/h1,9-12H,6-8H2,2-4H3/b16-11+/t12-/m1/s1. The highest BCUT2D eigenvalue weighted by Crippen LogP contribution is 2.38. The Morgan fingerprint density at radius 2 is 2.12 bits per heavy atom. The van der Waals surface area contributed by atoms with Crippen molar-refractivity contribution in [3.05, 3.63) is 26.2 Å². The summed E-state index contributed by atoms with van der Waals surface area (Å²) >= 11 is 3.07. The smallest absolute Gasteiger partial charge is 0.294 e. The van der Waals surface area contributed by atoms with Crippen LogP contribution in [0.25, 0.3) is 6.08 Å². The summed E-state index contributed by atoms with van der Waals surface area (Å²) < 4.78 is 12.6. The molecule has 1 atom stereocenters. The van der Waals surface area contributed by atoms with Crippen molar-refractivity contribution in [2.75, 3.05) is 13.2 Å². The van der Waals surface area contributed by atoms with Crippen LogP contribution in [-0.4, -0.2) is 35.3 Å². The molecule has 138 valence electrons. The molecule has 0 spiro atoms. The molecule has 0 radical (unpaired) electrons. The van der Waals surface area contributed by atoms with Gasteiger partial charge in [-0.25, -0.2) is 0 Å². The molecule has 1 aliphatic heterocycles. The topological polar surface area (TPSA) is 55.8 Å². The number of halogens is 1. The van der Waals surface area contributed by atoms with Crippen molar-refractivity contribution < 1.29 is 19.1 Å². The minimum absolute atomic E-state index is 0.0224. The summed E-state index contributed by atoms with van der Waals surface area (Å²) in [6.07, 6.45) is 7.84. The van der Waals surface area contributed by atoms with Gasteiger partial charge in [-0.3, -0.25) is 14.5 Å². The van der Waals surface area contributed by atoms with Crippen molar-refractivity contribution in [1.29, 1.82) is 0 Å². The summed E-state index contributed by atoms with van der Waals surface area (Å²) in [5, 5.41) is -0.351. The van der Waals surface area contributed by atoms with E-state index in [1.807, 2.05) is 26.0 Å². The van der Waals surface area contributed by atoms with E-state index in [1.54, 1.807) is 6.08 Å². The Bertz CT molecular complexity index is 784. The summed E-state index contributed by atoms with van der Waals surface area (Å²) in [5.74, 6) is 3.27. The third-order valence-electron chi connectivity index (χ3n) is 3.65. The van der Waals surface area contributed by atoms with Crippen LogP contribution in [0.4, 0.5) is 4.79 Å². The minimum atomic E-state index is -0.370. The van der Waals surface area contributed by atoms with E-state index < -0.39 is 0 Å². The first kappa shape index (κ1) is 20.6. The van der Waals surface area contributed by atoms with Gasteiger partial charge in [0.2, 0.25) is 0 Å². The average Bonchev–Trinajstić information content (AvgIpc) is 2.86. The maximum atomic E-state index is 12.3. The van der Waals surface area contributed by atoms with Gasteiger partial charge in [-0.15, -0.1) is 6.42 Å². The molecule has 5 nitrogen and oxygen atoms in total. The molecule has 0 aromatic heterocycles. The molecule has 0 N–H and O–H groups in total. The van der Waals surface area contributed by atoms with Crippen LogP contribution in [0, 0.1) is 15.9 Å². The Morgan fingerprint density at radius 3 is 2.73 bits per heavy atom. The number of benzene rings is 1. The summed E-state index contributed by atoms with van der Waals surface area (Å²) in [5.41, 5.74) is 0.764. The molecule has 0 unspecified atom stereocenters. The van der Waals surface area contributed by atoms with E-state index in [0.717, 1.165) is 32.2 Å². The third-order valence-corrected chi connectivity index (χ3v) is 5.36. The van der Waals surface area contributed by atoms with Gasteiger partial charge in [0.15, 0.2) is 11.5 Å². The molecule has 0 aliphatic carbocycles. The lowest BCUT2D eigenvalue weighted by Gasteiger charge is -2.18. The fourth-order valence-electron chi connectivity index (χ4n) is 2.21. The van der Waals surface area contributed by atoms with Gasteiger partial charge in [0.1, 0.15) is 0 Å². The van der Waals surface area contributed by atoms with Gasteiger partial charge >= 0.3 is 0 Å². The number of nitrogens with zero attached hydrogens (tertiary/aromatic N) is 1. The Balaban J connectivity index is 2.37. The maximum absolute atomic E-state index is 12.3. The van der Waals surface area contributed by atoms with E-state index in [9.17, 15) is 9.59 Å². The van der Waals surface area contributed by atoms with Crippen LogP contribution in [0.5, 0.6) is 11.5 Å². The molecule has 1 saturated heterocycles. The molecule has 1 aliphatic rings. The first-order valence-electron chi connectivity index (χ1n) is 8.23. The number of terminal acetylenes is 1. The van der Waals surface area contributed by atoms with Crippen LogP contribution in [0.1, 0.15) is 32.8 Å². The zero-order valence-corrected chi connectivity index (χ0v) is 17.8. The van der Waals surface area contributed by atoms with Crippen LogP contribution in [-0.2, 0) is 4.79 Å². The predicted molar refractivity (Wildman–Crippen MR) is 112 cm³/mol. The first-order chi connectivity index (χ1) is 12.4. The van der Waals surface area contributed by atoms with Gasteiger partial charge in [0.25, 0.3) is 11.1 Å². The number of amides is 2. The van der Waals surface area contributed by atoms with Crippen LogP contribution in [0.15, 0.2) is 17.0 Å². The van der Waals surface area contributed by atoms with Gasteiger partial charge in [0, 0.05) is 0 Å². The van der Waals surface area contributed by atoms with Gasteiger partial charge < -0.3 is 9.47 Å². The highest BCUT2D eigenvalue weighted by atomic mass is 127. The highest BCUT2D eigenvalue weighted by Gasteiger charge is 2.34. The molecule has 26 heavy (non-hydrogen) atoms. The summed E-state index contributed by atoms with van der Waals surface area (Å²) in [7, 11) is 0. The maximum Gasteiger partial charge on any atom is 0.294 e. The van der Waals surface area contributed by atoms with Gasteiger partial charge in [0.05, 0.1) is 27.7 Å². The van der Waals surface area contributed by atoms with Crippen LogP contribution in [0.3, 0.4) is 0 Å². The monoisotopic (exact) mass is 485 g/mol. The lowest BCUT2D eigenvalue weighted by atomic mass is 10.1. The fraction of sp³-hybridized carbons (Fsp3) is 0.368. The molecule has 7 heteroatoms. The predicted octanol–water partition coefficient (Wildman–Crippen LogP) is 4.54. The van der Waals surface area contributed by atoms with E-state index in [4.69, 9.17) is 15.9 Å². The van der Waals surface area contributed by atoms with Crippen LogP contribution >= 0.6 is 34.4 Å². The summed E-state index contributed by atoms with van der Waals surface area (Å²) in [4.78, 5) is 25.6. The normalized spacial score (nSPS) is 16.7. The minimum Gasteiger partial charge on any atom is -0.490 e. The van der Waals surface area contributed by atoms with E-state index in [0.29, 0.717) is 23.0 Å². The fourth-order valence-corrected chi connectivity index (χ4v) is 3.80. The van der Waals surface area contributed by atoms with Crippen molar-refractivity contribution in [2.24, 2.45) is 0 Å². The van der Waals surface area contributed by atoms with E-state index >= 15 is 0 Å². The highest BCUT2D eigenvalue weighted by molar-refractivity contribution is 14.1. The largest absolute Gasteiger partial charge is 0.490 e. The molecule has 1 heterocycles. The Kier molecular flexibility index (Phi) is 7.41. The van der Waals surface area contributed by atoms with Crippen molar-refractivity contribution >= 4 is 51.6 Å². The molecule has 1 aromatic carbocycles. The number of ether oxygens (including phenoxy) is 2. The number of hydrogen-bond donors (Lipinski definition) is 0. The van der Waals surface area contributed by atoms with Crippen molar-refractivity contribution in [1.82, 2.24) is 4.90 Å². The zero-order valence-electron chi connectivity index (χ0n) is 14.9. The molecule has 2 rings (SSSR count). The lowest BCUT2D eigenvalue weighted by Crippen LogP contribution is -2.28. The second kappa shape index (κ2) is 9.33. The van der Waals surface area contributed by atoms with E-state index in [2.05, 4.69) is 35.4 Å². The zero-order chi connectivity index (χ0) is 19.3. The van der Waals surface area contributed by atoms with E-state index in [1.165, 1.54) is 0 Å². The van der Waals surface area contributed by atoms with Crippen molar-refractivity contribution in [3.8, 4) is 23.8 Å². The quantitative estimate of drug-likeness (QED) is 0.323. The number of imide groups is 1.